The number of rotatable bonds is 5. The Labute approximate surface area is 109 Å². The molecule has 2 rings (SSSR count). The van der Waals surface area contributed by atoms with E-state index in [4.69, 9.17) is 9.47 Å². The minimum absolute atomic E-state index is 0.157. The van der Waals surface area contributed by atoms with E-state index in [1.165, 1.54) is 0 Å². The zero-order valence-electron chi connectivity index (χ0n) is 9.80. The van der Waals surface area contributed by atoms with Crippen LogP contribution in [0, 0.1) is 5.92 Å². The normalized spacial score (nSPS) is 21.9. The fourth-order valence-corrected chi connectivity index (χ4v) is 2.58. The largest absolute Gasteiger partial charge is 0.386 e. The van der Waals surface area contributed by atoms with Gasteiger partial charge in [-0.3, -0.25) is 4.68 Å². The molecule has 1 saturated heterocycles. The van der Waals surface area contributed by atoms with E-state index in [2.05, 4.69) is 21.0 Å². The molecule has 6 heteroatoms. The molecule has 1 fully saturated rings. The smallest absolute Gasteiger partial charge is 0.102 e. The Morgan fingerprint density at radius 3 is 3.24 bits per heavy atom. The van der Waals surface area contributed by atoms with Gasteiger partial charge in [0.15, 0.2) is 0 Å². The van der Waals surface area contributed by atoms with E-state index < -0.39 is 6.10 Å². The summed E-state index contributed by atoms with van der Waals surface area (Å²) >= 11 is 3.43. The third-order valence-corrected chi connectivity index (χ3v) is 3.64. The van der Waals surface area contributed by atoms with Crippen molar-refractivity contribution in [2.45, 2.75) is 19.1 Å². The van der Waals surface area contributed by atoms with Gasteiger partial charge in [0.2, 0.25) is 0 Å². The third-order valence-electron chi connectivity index (χ3n) is 3.03. The number of nitrogens with zero attached hydrogens (tertiary/aromatic N) is 2. The highest BCUT2D eigenvalue weighted by atomic mass is 79.9. The molecule has 0 bridgehead atoms. The lowest BCUT2D eigenvalue weighted by Crippen LogP contribution is -2.19. The predicted octanol–water partition coefficient (Wildman–Crippen LogP) is 1.36. The molecule has 0 aromatic carbocycles. The van der Waals surface area contributed by atoms with Gasteiger partial charge in [-0.1, -0.05) is 0 Å². The molecule has 0 aliphatic carbocycles. The van der Waals surface area contributed by atoms with Gasteiger partial charge in [0.25, 0.3) is 0 Å². The zero-order valence-corrected chi connectivity index (χ0v) is 11.4. The van der Waals surface area contributed by atoms with Crippen LogP contribution in [-0.4, -0.2) is 41.8 Å². The van der Waals surface area contributed by atoms with E-state index in [9.17, 15) is 5.11 Å². The summed E-state index contributed by atoms with van der Waals surface area (Å²) in [6.45, 7) is 2.56. The molecule has 0 spiro atoms. The minimum atomic E-state index is -0.536. The number of aliphatic hydroxyl groups excluding tert-OH is 1. The highest BCUT2D eigenvalue weighted by Gasteiger charge is 2.29. The van der Waals surface area contributed by atoms with Gasteiger partial charge in [-0.05, 0) is 22.4 Å². The van der Waals surface area contributed by atoms with Crippen LogP contribution in [0.3, 0.4) is 0 Å². The van der Waals surface area contributed by atoms with Crippen LogP contribution in [0.15, 0.2) is 10.7 Å². The van der Waals surface area contributed by atoms with E-state index >= 15 is 0 Å². The third kappa shape index (κ3) is 2.88. The highest BCUT2D eigenvalue weighted by Crippen LogP contribution is 2.32. The lowest BCUT2D eigenvalue weighted by molar-refractivity contribution is 0.0818. The van der Waals surface area contributed by atoms with Gasteiger partial charge in [-0.25, -0.2) is 0 Å². The second-order valence-corrected chi connectivity index (χ2v) is 5.02. The topological polar surface area (TPSA) is 56.5 Å². The molecule has 0 saturated carbocycles. The van der Waals surface area contributed by atoms with Crippen LogP contribution in [0.2, 0.25) is 0 Å². The molecule has 1 N–H and O–H groups in total. The number of hydrogen-bond acceptors (Lipinski definition) is 4. The van der Waals surface area contributed by atoms with Crippen molar-refractivity contribution in [1.29, 1.82) is 0 Å². The van der Waals surface area contributed by atoms with Crippen molar-refractivity contribution in [1.82, 2.24) is 9.78 Å². The molecule has 2 atom stereocenters. The van der Waals surface area contributed by atoms with Crippen molar-refractivity contribution >= 4 is 15.9 Å². The van der Waals surface area contributed by atoms with E-state index in [0.717, 1.165) is 23.2 Å². The molecule has 17 heavy (non-hydrogen) atoms. The molecule has 1 aliphatic rings. The second-order valence-electron chi connectivity index (χ2n) is 4.16. The van der Waals surface area contributed by atoms with Gasteiger partial charge in [-0.2, -0.15) is 5.10 Å². The van der Waals surface area contributed by atoms with Gasteiger partial charge in [0.1, 0.15) is 6.10 Å². The first-order chi connectivity index (χ1) is 8.24. The van der Waals surface area contributed by atoms with Gasteiger partial charge >= 0.3 is 0 Å². The van der Waals surface area contributed by atoms with Crippen LogP contribution in [-0.2, 0) is 16.0 Å². The molecule has 0 amide bonds. The van der Waals surface area contributed by atoms with Crippen molar-refractivity contribution in [2.24, 2.45) is 5.92 Å². The van der Waals surface area contributed by atoms with Crippen LogP contribution in [0.25, 0.3) is 0 Å². The summed E-state index contributed by atoms with van der Waals surface area (Å²) in [6.07, 6.45) is 2.07. The molecule has 2 unspecified atom stereocenters. The highest BCUT2D eigenvalue weighted by molar-refractivity contribution is 9.10. The summed E-state index contributed by atoms with van der Waals surface area (Å²) in [5.74, 6) is 0.157. The minimum Gasteiger partial charge on any atom is -0.386 e. The first kappa shape index (κ1) is 13.0. The van der Waals surface area contributed by atoms with Crippen LogP contribution in [0.1, 0.15) is 18.2 Å². The molecular formula is C11H17BrN2O3. The monoisotopic (exact) mass is 304 g/mol. The number of aromatic nitrogens is 2. The summed E-state index contributed by atoms with van der Waals surface area (Å²) in [4.78, 5) is 0. The van der Waals surface area contributed by atoms with Crippen LogP contribution < -0.4 is 0 Å². The summed E-state index contributed by atoms with van der Waals surface area (Å²) in [6, 6.07) is 0. The molecule has 1 aliphatic heterocycles. The fourth-order valence-electron chi connectivity index (χ4n) is 2.05. The maximum absolute atomic E-state index is 10.4. The van der Waals surface area contributed by atoms with Crippen LogP contribution in [0.4, 0.5) is 0 Å². The molecule has 1 aromatic heterocycles. The number of hydrogen-bond donors (Lipinski definition) is 1. The van der Waals surface area contributed by atoms with Gasteiger partial charge < -0.3 is 14.6 Å². The predicted molar refractivity (Wildman–Crippen MR) is 65.7 cm³/mol. The average molecular weight is 305 g/mol. The van der Waals surface area contributed by atoms with Gasteiger partial charge in [0, 0.05) is 19.6 Å². The second kappa shape index (κ2) is 5.95. The van der Waals surface area contributed by atoms with Crippen LogP contribution in [0.5, 0.6) is 0 Å². The Bertz CT molecular complexity index is 364. The van der Waals surface area contributed by atoms with Gasteiger partial charge in [0.05, 0.1) is 36.1 Å². The maximum atomic E-state index is 10.4. The number of ether oxygens (including phenoxy) is 2. The lowest BCUT2D eigenvalue weighted by Gasteiger charge is -2.18. The number of aliphatic hydroxyl groups is 1. The van der Waals surface area contributed by atoms with Crippen molar-refractivity contribution in [3.05, 3.63) is 16.4 Å². The summed E-state index contributed by atoms with van der Waals surface area (Å²) in [5.41, 5.74) is 0.817. The zero-order chi connectivity index (χ0) is 12.3. The molecular weight excluding hydrogens is 288 g/mol. The Morgan fingerprint density at radius 1 is 1.76 bits per heavy atom. The summed E-state index contributed by atoms with van der Waals surface area (Å²) in [5, 5.41) is 14.6. The van der Waals surface area contributed by atoms with Gasteiger partial charge in [-0.15, -0.1) is 0 Å². The molecule has 5 nitrogen and oxygen atoms in total. The molecule has 2 heterocycles. The van der Waals surface area contributed by atoms with Crippen molar-refractivity contribution in [3.63, 3.8) is 0 Å². The van der Waals surface area contributed by atoms with E-state index in [1.807, 2.05) is 0 Å². The summed E-state index contributed by atoms with van der Waals surface area (Å²) < 4.78 is 13.0. The number of methoxy groups -OCH3 is 1. The first-order valence-corrected chi connectivity index (χ1v) is 6.49. The van der Waals surface area contributed by atoms with Crippen LogP contribution >= 0.6 is 15.9 Å². The fraction of sp³-hybridized carbons (Fsp3) is 0.727. The first-order valence-electron chi connectivity index (χ1n) is 5.70. The van der Waals surface area contributed by atoms with E-state index in [0.29, 0.717) is 19.8 Å². The Morgan fingerprint density at radius 2 is 2.59 bits per heavy atom. The molecule has 0 radical (unpaired) electrons. The Balaban J connectivity index is 2.14. The van der Waals surface area contributed by atoms with Crippen molar-refractivity contribution in [2.75, 3.05) is 26.9 Å². The maximum Gasteiger partial charge on any atom is 0.102 e. The number of halogens is 1. The average Bonchev–Trinajstić information content (AvgIpc) is 2.95. The standard InChI is InChI=1S/C11H17BrN2O3/c1-16-5-3-14-10(9(12)6-13-14)11(15)8-2-4-17-7-8/h6,8,11,15H,2-5,7H2,1H3. The summed E-state index contributed by atoms with van der Waals surface area (Å²) in [7, 11) is 1.65. The lowest BCUT2D eigenvalue weighted by atomic mass is 9.99. The van der Waals surface area contributed by atoms with Crippen molar-refractivity contribution in [3.8, 4) is 0 Å². The SMILES string of the molecule is COCCn1ncc(Br)c1C(O)C1CCOC1. The Kier molecular flexibility index (Phi) is 4.55. The molecule has 1 aromatic rings. The van der Waals surface area contributed by atoms with Crippen molar-refractivity contribution < 1.29 is 14.6 Å². The quantitative estimate of drug-likeness (QED) is 0.892. The van der Waals surface area contributed by atoms with E-state index in [1.54, 1.807) is 18.0 Å². The van der Waals surface area contributed by atoms with E-state index in [-0.39, 0.29) is 5.92 Å². The Hall–Kier alpha value is -0.430. The molecule has 96 valence electrons.